The van der Waals surface area contributed by atoms with Crippen LogP contribution in [0.25, 0.3) is 0 Å². The van der Waals surface area contributed by atoms with Crippen LogP contribution in [0.3, 0.4) is 0 Å². The Morgan fingerprint density at radius 3 is 2.45 bits per heavy atom. The van der Waals surface area contributed by atoms with Crippen LogP contribution in [0.2, 0.25) is 0 Å². The van der Waals surface area contributed by atoms with Crippen LogP contribution in [-0.4, -0.2) is 28.7 Å². The second-order valence-electron chi connectivity index (χ2n) is 6.45. The quantitative estimate of drug-likeness (QED) is 0.497. The van der Waals surface area contributed by atoms with E-state index < -0.39 is 4.92 Å². The summed E-state index contributed by atoms with van der Waals surface area (Å²) in [6, 6.07) is 15.5. The number of non-ortho nitro benzene ring substituents is 1. The zero-order valence-corrected chi connectivity index (χ0v) is 15.9. The number of carbonyl (C=O) groups is 2. The fraction of sp³-hybridized carbons (Fsp3) is 0.143. The zero-order chi connectivity index (χ0) is 21.0. The van der Waals surface area contributed by atoms with Gasteiger partial charge in [-0.3, -0.25) is 19.7 Å². The first kappa shape index (κ1) is 19.8. The maximum Gasteiger partial charge on any atom is 0.291 e. The van der Waals surface area contributed by atoms with E-state index in [1.54, 1.807) is 62.5 Å². The molecule has 3 aromatic rings. The summed E-state index contributed by atoms with van der Waals surface area (Å²) < 4.78 is 5.04. The van der Waals surface area contributed by atoms with Gasteiger partial charge in [0.2, 0.25) is 0 Å². The van der Waals surface area contributed by atoms with E-state index in [2.05, 4.69) is 5.32 Å². The molecule has 1 N–H and O–H groups in total. The maximum absolute atomic E-state index is 12.8. The molecule has 8 nitrogen and oxygen atoms in total. The van der Waals surface area contributed by atoms with Crippen LogP contribution in [0, 0.1) is 10.1 Å². The number of hydrogen-bond acceptors (Lipinski definition) is 5. The van der Waals surface area contributed by atoms with Crippen molar-refractivity contribution >= 4 is 23.2 Å². The molecule has 8 heteroatoms. The Balaban J connectivity index is 1.70. The Bertz CT molecular complexity index is 1030. The Morgan fingerprint density at radius 1 is 1.10 bits per heavy atom. The largest absolute Gasteiger partial charge is 0.459 e. The summed E-state index contributed by atoms with van der Waals surface area (Å²) in [5.74, 6) is -0.436. The van der Waals surface area contributed by atoms with Gasteiger partial charge in [0.1, 0.15) is 0 Å². The molecule has 3 rings (SSSR count). The van der Waals surface area contributed by atoms with E-state index in [0.717, 1.165) is 0 Å². The Hall–Kier alpha value is -3.94. The minimum Gasteiger partial charge on any atom is -0.459 e. The number of amides is 2. The fourth-order valence-corrected chi connectivity index (χ4v) is 2.80. The fourth-order valence-electron chi connectivity index (χ4n) is 2.80. The summed E-state index contributed by atoms with van der Waals surface area (Å²) in [5, 5.41) is 13.7. The van der Waals surface area contributed by atoms with Crippen LogP contribution in [0.1, 0.15) is 39.4 Å². The molecule has 0 saturated carbocycles. The van der Waals surface area contributed by atoms with Crippen LogP contribution in [0.5, 0.6) is 0 Å². The molecule has 0 fully saturated rings. The van der Waals surface area contributed by atoms with Crippen molar-refractivity contribution < 1.29 is 18.9 Å². The molecule has 2 aromatic carbocycles. The lowest BCUT2D eigenvalue weighted by Gasteiger charge is -2.25. The predicted molar refractivity (Wildman–Crippen MR) is 107 cm³/mol. The smallest absolute Gasteiger partial charge is 0.291 e. The number of benzene rings is 2. The number of nitrogens with zero attached hydrogens (tertiary/aromatic N) is 2. The molecule has 29 heavy (non-hydrogen) atoms. The van der Waals surface area contributed by atoms with Crippen molar-refractivity contribution in [1.82, 2.24) is 4.90 Å². The molecule has 1 atom stereocenters. The lowest BCUT2D eigenvalue weighted by atomic mass is 10.1. The molecule has 1 heterocycles. The highest BCUT2D eigenvalue weighted by Gasteiger charge is 2.20. The maximum atomic E-state index is 12.8. The summed E-state index contributed by atoms with van der Waals surface area (Å²) in [7, 11) is 1.64. The van der Waals surface area contributed by atoms with Gasteiger partial charge in [-0.2, -0.15) is 0 Å². The zero-order valence-electron chi connectivity index (χ0n) is 15.9. The van der Waals surface area contributed by atoms with Crippen molar-refractivity contribution in [2.45, 2.75) is 13.0 Å². The Kier molecular flexibility index (Phi) is 5.73. The van der Waals surface area contributed by atoms with Crippen molar-refractivity contribution in [2.75, 3.05) is 12.4 Å². The van der Waals surface area contributed by atoms with E-state index in [-0.39, 0.29) is 29.3 Å². The average Bonchev–Trinajstić information content (AvgIpc) is 3.28. The van der Waals surface area contributed by atoms with Gasteiger partial charge in [0, 0.05) is 30.4 Å². The molecule has 0 aliphatic heterocycles. The Labute approximate surface area is 166 Å². The molecule has 0 aliphatic rings. The molecule has 0 saturated heterocycles. The highest BCUT2D eigenvalue weighted by molar-refractivity contribution is 6.02. The standard InChI is InChI=1S/C21H19N3O5/c1-14(16-5-3-6-18(13-16)24(27)28)23(2)21(26)15-8-10-17(11-9-15)22-20(25)19-7-4-12-29-19/h3-14H,1-2H3,(H,22,25). The summed E-state index contributed by atoms with van der Waals surface area (Å²) in [4.78, 5) is 36.8. The molecule has 1 aromatic heterocycles. The third-order valence-corrected chi connectivity index (χ3v) is 4.60. The predicted octanol–water partition coefficient (Wildman–Crippen LogP) is 4.27. The van der Waals surface area contributed by atoms with E-state index in [4.69, 9.17) is 4.42 Å². The van der Waals surface area contributed by atoms with Gasteiger partial charge in [0.25, 0.3) is 17.5 Å². The molecular weight excluding hydrogens is 374 g/mol. The molecule has 0 spiro atoms. The molecule has 0 bridgehead atoms. The van der Waals surface area contributed by atoms with E-state index in [0.29, 0.717) is 16.8 Å². The van der Waals surface area contributed by atoms with Gasteiger partial charge >= 0.3 is 0 Å². The average molecular weight is 393 g/mol. The van der Waals surface area contributed by atoms with Crippen LogP contribution < -0.4 is 5.32 Å². The van der Waals surface area contributed by atoms with Crippen LogP contribution in [0.4, 0.5) is 11.4 Å². The number of rotatable bonds is 6. The summed E-state index contributed by atoms with van der Waals surface area (Å²) in [5.41, 5.74) is 1.60. The van der Waals surface area contributed by atoms with Crippen molar-refractivity contribution in [3.8, 4) is 0 Å². The van der Waals surface area contributed by atoms with E-state index >= 15 is 0 Å². The first-order chi connectivity index (χ1) is 13.9. The van der Waals surface area contributed by atoms with Gasteiger partial charge in [0.05, 0.1) is 17.2 Å². The minimum absolute atomic E-state index is 0.0214. The first-order valence-electron chi connectivity index (χ1n) is 8.83. The SMILES string of the molecule is CC(c1cccc([N+](=O)[O-])c1)N(C)C(=O)c1ccc(NC(=O)c2ccco2)cc1. The van der Waals surface area contributed by atoms with Crippen molar-refractivity contribution in [1.29, 1.82) is 0 Å². The first-order valence-corrected chi connectivity index (χ1v) is 8.83. The second-order valence-corrected chi connectivity index (χ2v) is 6.45. The van der Waals surface area contributed by atoms with Crippen LogP contribution in [0.15, 0.2) is 71.3 Å². The summed E-state index contributed by atoms with van der Waals surface area (Å²) in [6.45, 7) is 1.80. The Morgan fingerprint density at radius 2 is 1.83 bits per heavy atom. The van der Waals surface area contributed by atoms with E-state index in [1.807, 2.05) is 0 Å². The van der Waals surface area contributed by atoms with Gasteiger partial charge in [0.15, 0.2) is 5.76 Å². The highest BCUT2D eigenvalue weighted by Crippen LogP contribution is 2.24. The van der Waals surface area contributed by atoms with E-state index in [1.165, 1.54) is 23.3 Å². The molecule has 148 valence electrons. The lowest BCUT2D eigenvalue weighted by molar-refractivity contribution is -0.384. The third kappa shape index (κ3) is 4.49. The van der Waals surface area contributed by atoms with Gasteiger partial charge in [-0.05, 0) is 48.9 Å². The lowest BCUT2D eigenvalue weighted by Crippen LogP contribution is -2.29. The molecular formula is C21H19N3O5. The monoisotopic (exact) mass is 393 g/mol. The summed E-state index contributed by atoms with van der Waals surface area (Å²) in [6.07, 6.45) is 1.41. The third-order valence-electron chi connectivity index (χ3n) is 4.60. The van der Waals surface area contributed by atoms with Gasteiger partial charge < -0.3 is 14.6 Å². The molecule has 1 unspecified atom stereocenters. The minimum atomic E-state index is -0.465. The molecule has 0 radical (unpaired) electrons. The number of nitrogens with one attached hydrogen (secondary N) is 1. The highest BCUT2D eigenvalue weighted by atomic mass is 16.6. The number of nitro benzene ring substituents is 1. The van der Waals surface area contributed by atoms with Crippen molar-refractivity contribution in [3.63, 3.8) is 0 Å². The molecule has 0 aliphatic carbocycles. The summed E-state index contributed by atoms with van der Waals surface area (Å²) >= 11 is 0. The second kappa shape index (κ2) is 8.39. The van der Waals surface area contributed by atoms with Gasteiger partial charge in [-0.25, -0.2) is 0 Å². The number of nitro groups is 1. The van der Waals surface area contributed by atoms with Crippen molar-refractivity contribution in [3.05, 3.63) is 93.9 Å². The van der Waals surface area contributed by atoms with Crippen LogP contribution >= 0.6 is 0 Å². The normalized spacial score (nSPS) is 11.5. The number of furan rings is 1. The number of carbonyl (C=O) groups excluding carboxylic acids is 2. The van der Waals surface area contributed by atoms with Gasteiger partial charge in [-0.15, -0.1) is 0 Å². The van der Waals surface area contributed by atoms with Gasteiger partial charge in [-0.1, -0.05) is 12.1 Å². The van der Waals surface area contributed by atoms with Crippen molar-refractivity contribution in [2.24, 2.45) is 0 Å². The van der Waals surface area contributed by atoms with E-state index in [9.17, 15) is 19.7 Å². The number of hydrogen-bond donors (Lipinski definition) is 1. The number of anilines is 1. The molecule has 2 amide bonds. The van der Waals surface area contributed by atoms with Crippen LogP contribution in [-0.2, 0) is 0 Å². The topological polar surface area (TPSA) is 106 Å².